The van der Waals surface area contributed by atoms with E-state index in [1.165, 1.54) is 4.90 Å². The first-order valence-corrected chi connectivity index (χ1v) is 11.2. The first kappa shape index (κ1) is 21.3. The molecule has 3 aliphatic rings. The summed E-state index contributed by atoms with van der Waals surface area (Å²) in [6, 6.07) is 14.7. The van der Waals surface area contributed by atoms with Crippen molar-refractivity contribution in [2.45, 2.75) is 37.8 Å². The van der Waals surface area contributed by atoms with Gasteiger partial charge in [0.15, 0.2) is 0 Å². The van der Waals surface area contributed by atoms with Gasteiger partial charge >= 0.3 is 0 Å². The number of hydrogen-bond acceptors (Lipinski definition) is 5. The molecule has 8 nitrogen and oxygen atoms in total. The molecule has 170 valence electrons. The number of hydrogen-bond donors (Lipinski definition) is 3. The standard InChI is InChI=1S/C25H26N4O4/c1-14-7-8-17-16(13-14)25(24(33)27-17)21-20(18(28-25)9-10-19(26)30)22(31)29(23(21)32)12-11-15-5-3-2-4-6-15/h2-8,13,18,20-21,28H,9-12H2,1H3,(H2,26,30)(H,27,33)/t18-,20-,21-,25-/m1/s1. The number of nitrogens with two attached hydrogens (primary N) is 1. The number of carbonyl (C=O) groups is 4. The number of nitrogens with one attached hydrogen (secondary N) is 2. The molecule has 0 saturated carbocycles. The molecule has 2 fully saturated rings. The van der Waals surface area contributed by atoms with Crippen LogP contribution < -0.4 is 16.4 Å². The number of fused-ring (bicyclic) bond motifs is 4. The van der Waals surface area contributed by atoms with Gasteiger partial charge in [0, 0.05) is 30.3 Å². The third-order valence-electron chi connectivity index (χ3n) is 7.13. The van der Waals surface area contributed by atoms with E-state index in [1.807, 2.05) is 55.5 Å². The van der Waals surface area contributed by atoms with Crippen molar-refractivity contribution in [2.24, 2.45) is 17.6 Å². The fourth-order valence-electron chi connectivity index (χ4n) is 5.63. The lowest BCUT2D eigenvalue weighted by atomic mass is 9.76. The van der Waals surface area contributed by atoms with E-state index in [2.05, 4.69) is 10.6 Å². The first-order chi connectivity index (χ1) is 15.8. The summed E-state index contributed by atoms with van der Waals surface area (Å²) < 4.78 is 0. The number of rotatable bonds is 6. The summed E-state index contributed by atoms with van der Waals surface area (Å²) in [6.45, 7) is 2.16. The van der Waals surface area contributed by atoms with Crippen LogP contribution in [0, 0.1) is 18.8 Å². The average molecular weight is 447 g/mol. The zero-order valence-electron chi connectivity index (χ0n) is 18.3. The van der Waals surface area contributed by atoms with E-state index < -0.39 is 29.3 Å². The second kappa shape index (κ2) is 7.81. The first-order valence-electron chi connectivity index (χ1n) is 11.2. The molecule has 8 heteroatoms. The smallest absolute Gasteiger partial charge is 0.250 e. The molecule has 0 bridgehead atoms. The van der Waals surface area contributed by atoms with Crippen molar-refractivity contribution in [3.63, 3.8) is 0 Å². The van der Waals surface area contributed by atoms with E-state index in [9.17, 15) is 19.2 Å². The predicted octanol–water partition coefficient (Wildman–Crippen LogP) is 1.22. The summed E-state index contributed by atoms with van der Waals surface area (Å²) in [5, 5.41) is 6.21. The maximum absolute atomic E-state index is 13.7. The number of imide groups is 1. The summed E-state index contributed by atoms with van der Waals surface area (Å²) in [6.07, 6.45) is 0.870. The molecule has 5 rings (SSSR count). The molecule has 2 aromatic carbocycles. The van der Waals surface area contributed by atoms with E-state index in [1.54, 1.807) is 0 Å². The molecule has 2 saturated heterocycles. The molecule has 4 atom stereocenters. The van der Waals surface area contributed by atoms with Gasteiger partial charge < -0.3 is 11.1 Å². The number of nitrogens with zero attached hydrogens (tertiary/aromatic N) is 1. The van der Waals surface area contributed by atoms with Crippen LogP contribution in [0.4, 0.5) is 5.69 Å². The van der Waals surface area contributed by atoms with Gasteiger partial charge in [-0.25, -0.2) is 0 Å². The molecule has 1 spiro atoms. The highest BCUT2D eigenvalue weighted by Crippen LogP contribution is 2.53. The highest BCUT2D eigenvalue weighted by molar-refractivity contribution is 6.15. The number of amides is 4. The number of primary amides is 1. The Balaban J connectivity index is 1.53. The molecule has 4 N–H and O–H groups in total. The zero-order chi connectivity index (χ0) is 23.3. The number of aryl methyl sites for hydroxylation is 1. The molecule has 3 aliphatic heterocycles. The van der Waals surface area contributed by atoms with Crippen molar-refractivity contribution in [2.75, 3.05) is 11.9 Å². The summed E-state index contributed by atoms with van der Waals surface area (Å²) in [5.74, 6) is -3.08. The lowest BCUT2D eigenvalue weighted by Gasteiger charge is -2.29. The Morgan fingerprint density at radius 2 is 1.85 bits per heavy atom. The topological polar surface area (TPSA) is 122 Å². The van der Waals surface area contributed by atoms with Gasteiger partial charge in [0.25, 0.3) is 0 Å². The van der Waals surface area contributed by atoms with Crippen LogP contribution in [0.1, 0.15) is 29.5 Å². The van der Waals surface area contributed by atoms with Gasteiger partial charge in [-0.1, -0.05) is 48.0 Å². The summed E-state index contributed by atoms with van der Waals surface area (Å²) in [4.78, 5) is 53.4. The van der Waals surface area contributed by atoms with Crippen molar-refractivity contribution in [3.8, 4) is 0 Å². The van der Waals surface area contributed by atoms with Crippen molar-refractivity contribution >= 4 is 29.3 Å². The van der Waals surface area contributed by atoms with Crippen LogP contribution in [0.5, 0.6) is 0 Å². The van der Waals surface area contributed by atoms with E-state index in [0.29, 0.717) is 17.7 Å². The molecule has 33 heavy (non-hydrogen) atoms. The summed E-state index contributed by atoms with van der Waals surface area (Å²) in [7, 11) is 0. The fourth-order valence-corrected chi connectivity index (χ4v) is 5.63. The Kier molecular flexibility index (Phi) is 5.05. The lowest BCUT2D eigenvalue weighted by molar-refractivity contribution is -0.142. The van der Waals surface area contributed by atoms with Crippen LogP contribution in [0.2, 0.25) is 0 Å². The van der Waals surface area contributed by atoms with Crippen LogP contribution in [0.15, 0.2) is 48.5 Å². The van der Waals surface area contributed by atoms with E-state index in [0.717, 1.165) is 11.1 Å². The average Bonchev–Trinajstić information content (AvgIpc) is 3.37. The van der Waals surface area contributed by atoms with E-state index >= 15 is 0 Å². The van der Waals surface area contributed by atoms with Crippen LogP contribution in [-0.2, 0) is 31.1 Å². The second-order valence-corrected chi connectivity index (χ2v) is 9.13. The number of likely N-dealkylation sites (tertiary alicyclic amines) is 1. The lowest BCUT2D eigenvalue weighted by Crippen LogP contribution is -2.53. The van der Waals surface area contributed by atoms with Gasteiger partial charge in [-0.2, -0.15) is 0 Å². The molecule has 3 heterocycles. The van der Waals surface area contributed by atoms with Crippen molar-refractivity contribution in [1.29, 1.82) is 0 Å². The fraction of sp³-hybridized carbons (Fsp3) is 0.360. The highest BCUT2D eigenvalue weighted by atomic mass is 16.2. The van der Waals surface area contributed by atoms with Crippen LogP contribution >= 0.6 is 0 Å². The second-order valence-electron chi connectivity index (χ2n) is 9.13. The predicted molar refractivity (Wildman–Crippen MR) is 121 cm³/mol. The molecule has 2 aromatic rings. The van der Waals surface area contributed by atoms with Crippen LogP contribution in [0.3, 0.4) is 0 Å². The van der Waals surface area contributed by atoms with Crippen molar-refractivity contribution in [1.82, 2.24) is 10.2 Å². The maximum Gasteiger partial charge on any atom is 0.250 e. The summed E-state index contributed by atoms with van der Waals surface area (Å²) in [5.41, 5.74) is 7.30. The molecule has 0 unspecified atom stereocenters. The van der Waals surface area contributed by atoms with Gasteiger partial charge in [0.1, 0.15) is 5.54 Å². The zero-order valence-corrected chi connectivity index (χ0v) is 18.3. The molecule has 4 amide bonds. The minimum Gasteiger partial charge on any atom is -0.370 e. The number of anilines is 1. The van der Waals surface area contributed by atoms with Crippen molar-refractivity contribution in [3.05, 3.63) is 65.2 Å². The monoisotopic (exact) mass is 446 g/mol. The number of carbonyl (C=O) groups excluding carboxylic acids is 4. The maximum atomic E-state index is 13.7. The third kappa shape index (κ3) is 3.24. The Hall–Kier alpha value is -3.52. The molecular weight excluding hydrogens is 420 g/mol. The van der Waals surface area contributed by atoms with Gasteiger partial charge in [0.05, 0.1) is 11.8 Å². The SMILES string of the molecule is Cc1ccc2c(c1)[C@]1(N[C@H](CCC(N)=O)[C@H]3C(=O)N(CCc4ccccc4)C(=O)[C@@H]31)C(=O)N2. The molecule has 0 radical (unpaired) electrons. The Labute approximate surface area is 191 Å². The van der Waals surface area contributed by atoms with Gasteiger partial charge in [-0.05, 0) is 31.4 Å². The van der Waals surface area contributed by atoms with E-state index in [-0.39, 0.29) is 37.1 Å². The minimum atomic E-state index is -1.34. The quantitative estimate of drug-likeness (QED) is 0.576. The number of benzene rings is 2. The summed E-state index contributed by atoms with van der Waals surface area (Å²) >= 11 is 0. The Morgan fingerprint density at radius 3 is 2.58 bits per heavy atom. The molecule has 0 aromatic heterocycles. The highest BCUT2D eigenvalue weighted by Gasteiger charge is 2.70. The minimum absolute atomic E-state index is 0.0603. The van der Waals surface area contributed by atoms with Crippen LogP contribution in [0.25, 0.3) is 0 Å². The Morgan fingerprint density at radius 1 is 1.09 bits per heavy atom. The third-order valence-corrected chi connectivity index (χ3v) is 7.13. The van der Waals surface area contributed by atoms with Gasteiger partial charge in [-0.3, -0.25) is 29.4 Å². The largest absolute Gasteiger partial charge is 0.370 e. The van der Waals surface area contributed by atoms with Gasteiger partial charge in [0.2, 0.25) is 23.6 Å². The van der Waals surface area contributed by atoms with Crippen molar-refractivity contribution < 1.29 is 19.2 Å². The van der Waals surface area contributed by atoms with Gasteiger partial charge in [-0.15, -0.1) is 0 Å². The van der Waals surface area contributed by atoms with Crippen LogP contribution in [-0.4, -0.2) is 41.1 Å². The normalized spacial score (nSPS) is 27.7. The Bertz CT molecular complexity index is 1160. The molecular formula is C25H26N4O4. The molecule has 0 aliphatic carbocycles. The van der Waals surface area contributed by atoms with E-state index in [4.69, 9.17) is 5.73 Å².